The van der Waals surface area contributed by atoms with Gasteiger partial charge in [-0.25, -0.2) is 13.6 Å². The van der Waals surface area contributed by atoms with E-state index in [1.807, 2.05) is 0 Å². The number of ether oxygens (including phenoxy) is 2. The number of esters is 1. The number of rotatable bonds is 5. The Balaban J connectivity index is 2.80. The van der Waals surface area contributed by atoms with Crippen LogP contribution in [0.15, 0.2) is 24.3 Å². The number of amides is 1. The molecule has 0 bridgehead atoms. The summed E-state index contributed by atoms with van der Waals surface area (Å²) in [4.78, 5) is 21.6. The predicted molar refractivity (Wildman–Crippen MR) is 61.5 cm³/mol. The Morgan fingerprint density at radius 3 is 2.63 bits per heavy atom. The second-order valence-corrected chi connectivity index (χ2v) is 3.34. The van der Waals surface area contributed by atoms with Crippen LogP contribution in [0.1, 0.15) is 10.4 Å². The molecular formula is C12H11F2NO4. The van der Waals surface area contributed by atoms with Gasteiger partial charge in [0.15, 0.2) is 11.6 Å². The molecule has 1 aromatic carbocycles. The Hall–Kier alpha value is -2.44. The number of hydrogen-bond acceptors (Lipinski definition) is 4. The van der Waals surface area contributed by atoms with Gasteiger partial charge in [-0.2, -0.15) is 0 Å². The maximum absolute atomic E-state index is 13.7. The predicted octanol–water partition coefficient (Wildman–Crippen LogP) is 1.17. The van der Waals surface area contributed by atoms with Gasteiger partial charge in [-0.3, -0.25) is 4.79 Å². The van der Waals surface area contributed by atoms with Crippen molar-refractivity contribution in [1.29, 1.82) is 0 Å². The first-order chi connectivity index (χ1) is 8.97. The van der Waals surface area contributed by atoms with Gasteiger partial charge in [0.2, 0.25) is 0 Å². The lowest BCUT2D eigenvalue weighted by Gasteiger charge is -2.07. The topological polar surface area (TPSA) is 78.6 Å². The summed E-state index contributed by atoms with van der Waals surface area (Å²) in [6, 6.07) is 1.88. The van der Waals surface area contributed by atoms with Gasteiger partial charge >= 0.3 is 5.97 Å². The van der Waals surface area contributed by atoms with Crippen molar-refractivity contribution in [2.75, 3.05) is 13.7 Å². The second kappa shape index (κ2) is 6.48. The quantitative estimate of drug-likeness (QED) is 0.644. The minimum Gasteiger partial charge on any atom is -0.486 e. The number of hydrogen-bond donors (Lipinski definition) is 1. The molecule has 7 heteroatoms. The molecule has 102 valence electrons. The molecule has 1 rings (SSSR count). The molecule has 0 aliphatic rings. The fraction of sp³-hybridized carbons (Fsp3) is 0.167. The highest BCUT2D eigenvalue weighted by atomic mass is 19.1. The first-order valence-corrected chi connectivity index (χ1v) is 5.12. The summed E-state index contributed by atoms with van der Waals surface area (Å²) in [5.41, 5.74) is 3.98. The molecule has 1 aromatic rings. The van der Waals surface area contributed by atoms with Gasteiger partial charge in [0.05, 0.1) is 7.11 Å². The minimum atomic E-state index is -1.23. The molecule has 2 N–H and O–H groups in total. The highest BCUT2D eigenvalue weighted by molar-refractivity contribution is 5.93. The summed E-state index contributed by atoms with van der Waals surface area (Å²) >= 11 is 0. The third-order valence-electron chi connectivity index (χ3n) is 2.09. The summed E-state index contributed by atoms with van der Waals surface area (Å²) in [6.07, 6.45) is 2.36. The van der Waals surface area contributed by atoms with Crippen LogP contribution in [0.4, 0.5) is 8.78 Å². The smallest absolute Gasteiger partial charge is 0.330 e. The summed E-state index contributed by atoms with van der Waals surface area (Å²) in [5, 5.41) is 0. The molecule has 19 heavy (non-hydrogen) atoms. The van der Waals surface area contributed by atoms with Crippen molar-refractivity contribution < 1.29 is 27.8 Å². The number of benzene rings is 1. The van der Waals surface area contributed by atoms with Crippen LogP contribution >= 0.6 is 0 Å². The van der Waals surface area contributed by atoms with E-state index in [1.54, 1.807) is 0 Å². The van der Waals surface area contributed by atoms with E-state index in [4.69, 9.17) is 10.5 Å². The molecule has 0 aliphatic carbocycles. The normalized spacial score (nSPS) is 10.5. The van der Waals surface area contributed by atoms with Crippen LogP contribution in [0.2, 0.25) is 0 Å². The molecule has 0 atom stereocenters. The number of primary amides is 1. The highest BCUT2D eigenvalue weighted by Gasteiger charge is 2.18. The largest absolute Gasteiger partial charge is 0.486 e. The molecule has 0 saturated heterocycles. The molecule has 1 amide bonds. The van der Waals surface area contributed by atoms with Crippen LogP contribution in [-0.4, -0.2) is 25.6 Å². The Morgan fingerprint density at radius 1 is 1.37 bits per heavy atom. The third kappa shape index (κ3) is 3.77. The molecular weight excluding hydrogens is 260 g/mol. The number of halogens is 2. The average Bonchev–Trinajstić information content (AvgIpc) is 2.36. The minimum absolute atomic E-state index is 0.157. The van der Waals surface area contributed by atoms with Gasteiger partial charge in [-0.05, 0) is 18.2 Å². The Kier molecular flexibility index (Phi) is 4.99. The van der Waals surface area contributed by atoms with Gasteiger partial charge in [0.1, 0.15) is 18.0 Å². The molecule has 0 saturated carbocycles. The molecule has 0 heterocycles. The maximum atomic E-state index is 13.7. The summed E-state index contributed by atoms with van der Waals surface area (Å²) < 4.78 is 36.1. The van der Waals surface area contributed by atoms with Crippen LogP contribution in [0.5, 0.6) is 5.75 Å². The zero-order chi connectivity index (χ0) is 14.4. The molecule has 5 nitrogen and oxygen atoms in total. The first kappa shape index (κ1) is 14.6. The number of methoxy groups -OCH3 is 1. The van der Waals surface area contributed by atoms with Crippen LogP contribution in [-0.2, 0) is 9.53 Å². The number of nitrogens with two attached hydrogens (primary N) is 1. The van der Waals surface area contributed by atoms with Gasteiger partial charge in [-0.1, -0.05) is 0 Å². The Bertz CT molecular complexity index is 529. The fourth-order valence-corrected chi connectivity index (χ4v) is 1.22. The molecule has 0 fully saturated rings. The average molecular weight is 271 g/mol. The lowest BCUT2D eigenvalue weighted by atomic mass is 10.1. The summed E-state index contributed by atoms with van der Waals surface area (Å²) in [5.74, 6) is -4.42. The van der Waals surface area contributed by atoms with Crippen molar-refractivity contribution in [2.45, 2.75) is 0 Å². The fourth-order valence-electron chi connectivity index (χ4n) is 1.22. The van der Waals surface area contributed by atoms with Crippen molar-refractivity contribution in [1.82, 2.24) is 0 Å². The van der Waals surface area contributed by atoms with E-state index in [0.717, 1.165) is 18.2 Å². The van der Waals surface area contributed by atoms with Crippen molar-refractivity contribution in [3.63, 3.8) is 0 Å². The van der Waals surface area contributed by atoms with Crippen molar-refractivity contribution in [2.24, 2.45) is 5.73 Å². The van der Waals surface area contributed by atoms with Crippen LogP contribution < -0.4 is 10.5 Å². The standard InChI is InChI=1S/C12H11F2NO4/c1-18-9(16)3-2-6-19-8-5-4-7(13)10(11(8)14)12(15)17/h2-5H,6H2,1H3,(H2,15,17)/b3-2+. The van der Waals surface area contributed by atoms with E-state index < -0.39 is 29.1 Å². The lowest BCUT2D eigenvalue weighted by molar-refractivity contribution is -0.134. The van der Waals surface area contributed by atoms with Crippen LogP contribution in [0.3, 0.4) is 0 Å². The van der Waals surface area contributed by atoms with Crippen LogP contribution in [0.25, 0.3) is 0 Å². The zero-order valence-corrected chi connectivity index (χ0v) is 9.98. The van der Waals surface area contributed by atoms with E-state index >= 15 is 0 Å². The van der Waals surface area contributed by atoms with Gasteiger partial charge in [-0.15, -0.1) is 0 Å². The Labute approximate surface area is 107 Å². The number of carbonyl (C=O) groups excluding carboxylic acids is 2. The summed E-state index contributed by atoms with van der Waals surface area (Å²) in [7, 11) is 1.20. The van der Waals surface area contributed by atoms with E-state index in [0.29, 0.717) is 0 Å². The molecule has 0 radical (unpaired) electrons. The maximum Gasteiger partial charge on any atom is 0.330 e. The second-order valence-electron chi connectivity index (χ2n) is 3.34. The zero-order valence-electron chi connectivity index (χ0n) is 9.98. The highest BCUT2D eigenvalue weighted by Crippen LogP contribution is 2.22. The molecule has 0 unspecified atom stereocenters. The van der Waals surface area contributed by atoms with Crippen molar-refractivity contribution in [3.05, 3.63) is 41.5 Å². The molecule has 0 aliphatic heterocycles. The van der Waals surface area contributed by atoms with E-state index in [2.05, 4.69) is 4.74 Å². The van der Waals surface area contributed by atoms with Gasteiger partial charge < -0.3 is 15.2 Å². The number of carbonyl (C=O) groups is 2. The lowest BCUT2D eigenvalue weighted by Crippen LogP contribution is -2.16. The Morgan fingerprint density at radius 2 is 2.05 bits per heavy atom. The third-order valence-corrected chi connectivity index (χ3v) is 2.09. The van der Waals surface area contributed by atoms with E-state index in [9.17, 15) is 18.4 Å². The SMILES string of the molecule is COC(=O)/C=C/COc1ccc(F)c(C(N)=O)c1F. The monoisotopic (exact) mass is 271 g/mol. The molecule has 0 aromatic heterocycles. The summed E-state index contributed by atoms with van der Waals surface area (Å²) in [6.45, 7) is -0.157. The van der Waals surface area contributed by atoms with Crippen LogP contribution in [0, 0.1) is 11.6 Å². The van der Waals surface area contributed by atoms with Crippen molar-refractivity contribution >= 4 is 11.9 Å². The van der Waals surface area contributed by atoms with E-state index in [-0.39, 0.29) is 12.4 Å². The van der Waals surface area contributed by atoms with Gasteiger partial charge in [0, 0.05) is 6.08 Å². The molecule has 0 spiro atoms. The van der Waals surface area contributed by atoms with E-state index in [1.165, 1.54) is 13.2 Å². The first-order valence-electron chi connectivity index (χ1n) is 5.12. The van der Waals surface area contributed by atoms with Gasteiger partial charge in [0.25, 0.3) is 5.91 Å². The van der Waals surface area contributed by atoms with Crippen molar-refractivity contribution in [3.8, 4) is 5.75 Å².